The number of nitrogens with zero attached hydrogens (tertiary/aromatic N) is 2. The van der Waals surface area contributed by atoms with Gasteiger partial charge in [-0.1, -0.05) is 32.8 Å². The van der Waals surface area contributed by atoms with Gasteiger partial charge in [-0.2, -0.15) is 0 Å². The Morgan fingerprint density at radius 3 is 2.44 bits per heavy atom. The molecule has 0 amide bonds. The Labute approximate surface area is 112 Å². The van der Waals surface area contributed by atoms with Gasteiger partial charge in [0, 0.05) is 25.3 Å². The van der Waals surface area contributed by atoms with Crippen LogP contribution in [0.1, 0.15) is 32.4 Å². The summed E-state index contributed by atoms with van der Waals surface area (Å²) in [7, 11) is 4.34. The SMILES string of the molecule is CCC(CC)C(CNCc1ccccn1)N(C)C. The van der Waals surface area contributed by atoms with Crippen LogP contribution in [0.25, 0.3) is 0 Å². The molecule has 0 fully saturated rings. The van der Waals surface area contributed by atoms with Gasteiger partial charge in [-0.3, -0.25) is 4.98 Å². The molecule has 1 aromatic heterocycles. The number of likely N-dealkylation sites (N-methyl/N-ethyl adjacent to an activating group) is 1. The summed E-state index contributed by atoms with van der Waals surface area (Å²) in [6.07, 6.45) is 4.33. The minimum absolute atomic E-state index is 0.601. The van der Waals surface area contributed by atoms with Crippen molar-refractivity contribution in [2.45, 2.75) is 39.3 Å². The van der Waals surface area contributed by atoms with Crippen LogP contribution in [0.15, 0.2) is 24.4 Å². The van der Waals surface area contributed by atoms with Crippen LogP contribution >= 0.6 is 0 Å². The minimum Gasteiger partial charge on any atom is -0.310 e. The summed E-state index contributed by atoms with van der Waals surface area (Å²) in [5.41, 5.74) is 1.11. The molecule has 1 unspecified atom stereocenters. The predicted molar refractivity (Wildman–Crippen MR) is 77.5 cm³/mol. The lowest BCUT2D eigenvalue weighted by Gasteiger charge is -2.31. The Bertz CT molecular complexity index is 307. The average Bonchev–Trinajstić information content (AvgIpc) is 2.39. The van der Waals surface area contributed by atoms with Gasteiger partial charge in [-0.15, -0.1) is 0 Å². The molecule has 0 aliphatic heterocycles. The van der Waals surface area contributed by atoms with E-state index in [1.165, 1.54) is 12.8 Å². The fourth-order valence-electron chi connectivity index (χ4n) is 2.45. The molecule has 1 aromatic rings. The van der Waals surface area contributed by atoms with Gasteiger partial charge in [-0.25, -0.2) is 0 Å². The third kappa shape index (κ3) is 4.75. The molecule has 1 heterocycles. The number of hydrogen-bond acceptors (Lipinski definition) is 3. The maximum absolute atomic E-state index is 4.33. The molecular formula is C15H27N3. The van der Waals surface area contributed by atoms with E-state index in [1.807, 2.05) is 18.3 Å². The molecule has 0 aromatic carbocycles. The summed E-state index contributed by atoms with van der Waals surface area (Å²) >= 11 is 0. The van der Waals surface area contributed by atoms with E-state index in [2.05, 4.69) is 49.2 Å². The molecule has 0 aliphatic carbocycles. The molecule has 0 radical (unpaired) electrons. The molecule has 0 saturated heterocycles. The van der Waals surface area contributed by atoms with Crippen LogP contribution in [0, 0.1) is 5.92 Å². The first-order valence-corrected chi connectivity index (χ1v) is 6.96. The molecule has 102 valence electrons. The van der Waals surface area contributed by atoms with Gasteiger partial charge in [0.2, 0.25) is 0 Å². The number of aromatic nitrogens is 1. The second-order valence-electron chi connectivity index (χ2n) is 5.06. The topological polar surface area (TPSA) is 28.2 Å². The normalized spacial score (nSPS) is 13.2. The van der Waals surface area contributed by atoms with Crippen LogP contribution in [0.2, 0.25) is 0 Å². The molecule has 0 bridgehead atoms. The zero-order valence-electron chi connectivity index (χ0n) is 12.2. The Morgan fingerprint density at radius 2 is 1.94 bits per heavy atom. The van der Waals surface area contributed by atoms with Crippen LogP contribution in [-0.2, 0) is 6.54 Å². The largest absolute Gasteiger partial charge is 0.310 e. The van der Waals surface area contributed by atoms with Gasteiger partial charge in [0.15, 0.2) is 0 Å². The Hall–Kier alpha value is -0.930. The highest BCUT2D eigenvalue weighted by atomic mass is 15.1. The van der Waals surface area contributed by atoms with E-state index >= 15 is 0 Å². The summed E-state index contributed by atoms with van der Waals surface area (Å²) in [5.74, 6) is 0.760. The van der Waals surface area contributed by atoms with Gasteiger partial charge >= 0.3 is 0 Å². The van der Waals surface area contributed by atoms with Crippen molar-refractivity contribution in [3.63, 3.8) is 0 Å². The molecule has 3 nitrogen and oxygen atoms in total. The molecule has 0 spiro atoms. The van der Waals surface area contributed by atoms with E-state index in [4.69, 9.17) is 0 Å². The summed E-state index contributed by atoms with van der Waals surface area (Å²) in [6, 6.07) is 6.66. The zero-order chi connectivity index (χ0) is 13.4. The highest BCUT2D eigenvalue weighted by Crippen LogP contribution is 2.16. The smallest absolute Gasteiger partial charge is 0.0541 e. The van der Waals surface area contributed by atoms with E-state index < -0.39 is 0 Å². The lowest BCUT2D eigenvalue weighted by molar-refractivity contribution is 0.193. The summed E-state index contributed by atoms with van der Waals surface area (Å²) in [5, 5.41) is 3.53. The van der Waals surface area contributed by atoms with Gasteiger partial charge in [0.1, 0.15) is 0 Å². The second-order valence-corrected chi connectivity index (χ2v) is 5.06. The third-order valence-electron chi connectivity index (χ3n) is 3.64. The molecule has 0 aliphatic rings. The van der Waals surface area contributed by atoms with Crippen LogP contribution in [0.4, 0.5) is 0 Å². The summed E-state index contributed by atoms with van der Waals surface area (Å²) in [4.78, 5) is 6.67. The van der Waals surface area contributed by atoms with Crippen molar-refractivity contribution in [2.24, 2.45) is 5.92 Å². The minimum atomic E-state index is 0.601. The van der Waals surface area contributed by atoms with Crippen molar-refractivity contribution < 1.29 is 0 Å². The molecule has 0 saturated carbocycles. The molecule has 3 heteroatoms. The first-order valence-electron chi connectivity index (χ1n) is 6.96. The number of pyridine rings is 1. The molecule has 18 heavy (non-hydrogen) atoms. The fraction of sp³-hybridized carbons (Fsp3) is 0.667. The maximum Gasteiger partial charge on any atom is 0.0541 e. The average molecular weight is 249 g/mol. The van der Waals surface area contributed by atoms with Crippen LogP contribution < -0.4 is 5.32 Å². The van der Waals surface area contributed by atoms with Crippen molar-refractivity contribution in [1.82, 2.24) is 15.2 Å². The highest BCUT2D eigenvalue weighted by molar-refractivity contribution is 5.02. The first-order chi connectivity index (χ1) is 8.69. The molecular weight excluding hydrogens is 222 g/mol. The van der Waals surface area contributed by atoms with Gasteiger partial charge in [0.05, 0.1) is 5.69 Å². The number of nitrogens with one attached hydrogen (secondary N) is 1. The van der Waals surface area contributed by atoms with Crippen molar-refractivity contribution in [3.05, 3.63) is 30.1 Å². The van der Waals surface area contributed by atoms with E-state index in [9.17, 15) is 0 Å². The molecule has 1 N–H and O–H groups in total. The quantitative estimate of drug-likeness (QED) is 0.767. The van der Waals surface area contributed by atoms with E-state index in [0.29, 0.717) is 6.04 Å². The predicted octanol–water partition coefficient (Wildman–Crippen LogP) is 2.54. The highest BCUT2D eigenvalue weighted by Gasteiger charge is 2.19. The van der Waals surface area contributed by atoms with Gasteiger partial charge in [0.25, 0.3) is 0 Å². The second kappa shape index (κ2) is 8.22. The lowest BCUT2D eigenvalue weighted by atomic mass is 9.93. The van der Waals surface area contributed by atoms with Gasteiger partial charge < -0.3 is 10.2 Å². The van der Waals surface area contributed by atoms with Crippen molar-refractivity contribution in [1.29, 1.82) is 0 Å². The van der Waals surface area contributed by atoms with Crippen molar-refractivity contribution in [2.75, 3.05) is 20.6 Å². The Kier molecular flexibility index (Phi) is 6.91. The Morgan fingerprint density at radius 1 is 1.22 bits per heavy atom. The summed E-state index contributed by atoms with van der Waals surface area (Å²) < 4.78 is 0. The fourth-order valence-corrected chi connectivity index (χ4v) is 2.45. The number of rotatable bonds is 8. The third-order valence-corrected chi connectivity index (χ3v) is 3.64. The van der Waals surface area contributed by atoms with Crippen LogP contribution in [0.5, 0.6) is 0 Å². The van der Waals surface area contributed by atoms with Crippen molar-refractivity contribution >= 4 is 0 Å². The van der Waals surface area contributed by atoms with Gasteiger partial charge in [-0.05, 0) is 32.1 Å². The maximum atomic E-state index is 4.33. The standard InChI is InChI=1S/C15H27N3/c1-5-13(6-2)15(18(3)4)12-16-11-14-9-7-8-10-17-14/h7-10,13,15-16H,5-6,11-12H2,1-4H3. The number of hydrogen-bond donors (Lipinski definition) is 1. The van der Waals surface area contributed by atoms with E-state index in [-0.39, 0.29) is 0 Å². The monoisotopic (exact) mass is 249 g/mol. The molecule has 1 rings (SSSR count). The van der Waals surface area contributed by atoms with E-state index in [1.54, 1.807) is 0 Å². The van der Waals surface area contributed by atoms with Crippen LogP contribution in [0.3, 0.4) is 0 Å². The van der Waals surface area contributed by atoms with E-state index in [0.717, 1.165) is 24.7 Å². The zero-order valence-corrected chi connectivity index (χ0v) is 12.2. The molecule has 1 atom stereocenters. The Balaban J connectivity index is 2.43. The first kappa shape index (κ1) is 15.1. The van der Waals surface area contributed by atoms with Crippen molar-refractivity contribution in [3.8, 4) is 0 Å². The summed E-state index contributed by atoms with van der Waals surface area (Å²) in [6.45, 7) is 6.44. The lowest BCUT2D eigenvalue weighted by Crippen LogP contribution is -2.42. The van der Waals surface area contributed by atoms with Crippen LogP contribution in [-0.4, -0.2) is 36.6 Å².